The van der Waals surface area contributed by atoms with Crippen molar-refractivity contribution in [3.05, 3.63) is 73.7 Å². The van der Waals surface area contributed by atoms with E-state index in [4.69, 9.17) is 4.74 Å². The number of ether oxygens (including phenoxy) is 1. The van der Waals surface area contributed by atoms with Crippen molar-refractivity contribution < 1.29 is 23.2 Å². The van der Waals surface area contributed by atoms with Crippen LogP contribution in [0.25, 0.3) is 0 Å². The van der Waals surface area contributed by atoms with Crippen LogP contribution in [0.3, 0.4) is 0 Å². The van der Waals surface area contributed by atoms with Crippen LogP contribution < -0.4 is 0 Å². The van der Waals surface area contributed by atoms with Gasteiger partial charge in [-0.15, -0.1) is 0 Å². The summed E-state index contributed by atoms with van der Waals surface area (Å²) in [5, 5.41) is 10.8. The molecule has 0 heterocycles. The molecule has 0 radical (unpaired) electrons. The number of nitro benzene ring substituents is 1. The van der Waals surface area contributed by atoms with Gasteiger partial charge >= 0.3 is 11.7 Å². The van der Waals surface area contributed by atoms with Crippen molar-refractivity contribution in [2.45, 2.75) is 6.61 Å². The lowest BCUT2D eigenvalue weighted by molar-refractivity contribution is -0.388. The number of hydrogen-bond donors (Lipinski definition) is 0. The maximum Gasteiger partial charge on any atom is 0.344 e. The molecule has 0 spiro atoms. The lowest BCUT2D eigenvalue weighted by Gasteiger charge is -2.08. The molecule has 0 amide bonds. The molecule has 22 heavy (non-hydrogen) atoms. The summed E-state index contributed by atoms with van der Waals surface area (Å²) in [5.41, 5.74) is -1.50. The highest BCUT2D eigenvalue weighted by molar-refractivity contribution is 9.10. The lowest BCUT2D eigenvalue weighted by atomic mass is 10.1. The van der Waals surface area contributed by atoms with Gasteiger partial charge in [0.15, 0.2) is 0 Å². The first-order chi connectivity index (χ1) is 10.4. The van der Waals surface area contributed by atoms with Crippen LogP contribution in [0.4, 0.5) is 14.5 Å². The summed E-state index contributed by atoms with van der Waals surface area (Å²) < 4.78 is 32.1. The van der Waals surface area contributed by atoms with Gasteiger partial charge in [0.2, 0.25) is 5.82 Å². The van der Waals surface area contributed by atoms with Gasteiger partial charge in [0.1, 0.15) is 22.5 Å². The summed E-state index contributed by atoms with van der Waals surface area (Å²) >= 11 is 2.68. The Balaban J connectivity index is 2.30. The fourth-order valence-electron chi connectivity index (χ4n) is 1.73. The van der Waals surface area contributed by atoms with Gasteiger partial charge in [0.05, 0.1) is 4.92 Å². The first-order valence-corrected chi connectivity index (χ1v) is 6.74. The smallest absolute Gasteiger partial charge is 0.344 e. The number of hydrogen-bond acceptors (Lipinski definition) is 4. The van der Waals surface area contributed by atoms with Crippen LogP contribution in [0, 0.1) is 21.7 Å². The second-order valence-corrected chi connectivity index (χ2v) is 5.05. The maximum absolute atomic E-state index is 14.0. The van der Waals surface area contributed by atoms with Gasteiger partial charge in [-0.3, -0.25) is 10.1 Å². The number of benzene rings is 2. The van der Waals surface area contributed by atoms with E-state index in [0.29, 0.717) is 11.6 Å². The molecule has 2 aromatic rings. The van der Waals surface area contributed by atoms with E-state index in [2.05, 4.69) is 15.9 Å². The van der Waals surface area contributed by atoms with Crippen LogP contribution in [0.5, 0.6) is 0 Å². The third kappa shape index (κ3) is 3.28. The molecule has 0 atom stereocenters. The summed E-state index contributed by atoms with van der Waals surface area (Å²) in [5.74, 6) is -4.13. The van der Waals surface area contributed by atoms with Crippen molar-refractivity contribution in [1.82, 2.24) is 0 Å². The molecular formula is C14H8BrF2NO4. The van der Waals surface area contributed by atoms with Crippen molar-refractivity contribution in [2.24, 2.45) is 0 Å². The molecule has 0 fully saturated rings. The van der Waals surface area contributed by atoms with E-state index >= 15 is 0 Å². The van der Waals surface area contributed by atoms with Crippen molar-refractivity contribution in [2.75, 3.05) is 0 Å². The molecule has 0 bridgehead atoms. The number of carbonyl (C=O) groups is 1. The molecule has 0 aliphatic carbocycles. The molecular weight excluding hydrogens is 364 g/mol. The topological polar surface area (TPSA) is 69.4 Å². The molecule has 0 aliphatic heterocycles. The zero-order valence-corrected chi connectivity index (χ0v) is 12.5. The van der Waals surface area contributed by atoms with E-state index in [0.717, 1.165) is 0 Å². The highest BCUT2D eigenvalue weighted by atomic mass is 79.9. The maximum atomic E-state index is 14.0. The van der Waals surface area contributed by atoms with Crippen molar-refractivity contribution in [3.8, 4) is 0 Å². The van der Waals surface area contributed by atoms with E-state index in [9.17, 15) is 23.7 Å². The minimum atomic E-state index is -1.57. The monoisotopic (exact) mass is 371 g/mol. The standard InChI is InChI=1S/C14H8BrF2NO4/c15-9-6-10(16)11(12(17)13(9)18(20)21)14(19)22-7-8-4-2-1-3-5-8/h1-6H,7H2. The molecule has 5 nitrogen and oxygen atoms in total. The van der Waals surface area contributed by atoms with Crippen LogP contribution in [0.15, 0.2) is 40.9 Å². The quantitative estimate of drug-likeness (QED) is 0.462. The molecule has 0 saturated carbocycles. The van der Waals surface area contributed by atoms with Crippen molar-refractivity contribution >= 4 is 27.6 Å². The van der Waals surface area contributed by atoms with Crippen LogP contribution in [-0.4, -0.2) is 10.9 Å². The fourth-order valence-corrected chi connectivity index (χ4v) is 2.25. The zero-order chi connectivity index (χ0) is 16.3. The predicted molar refractivity (Wildman–Crippen MR) is 76.3 cm³/mol. The SMILES string of the molecule is O=C(OCc1ccccc1)c1c(F)cc(Br)c([N+](=O)[O-])c1F. The van der Waals surface area contributed by atoms with Crippen LogP contribution in [0.1, 0.15) is 15.9 Å². The summed E-state index contributed by atoms with van der Waals surface area (Å²) in [6, 6.07) is 9.13. The Morgan fingerprint density at radius 3 is 2.50 bits per heavy atom. The zero-order valence-electron chi connectivity index (χ0n) is 10.9. The summed E-state index contributed by atoms with van der Waals surface area (Å²) in [6.07, 6.45) is 0. The Morgan fingerprint density at radius 1 is 1.27 bits per heavy atom. The van der Waals surface area contributed by atoms with E-state index in [-0.39, 0.29) is 6.61 Å². The average Bonchev–Trinajstić information content (AvgIpc) is 2.45. The number of esters is 1. The van der Waals surface area contributed by atoms with Gasteiger partial charge in [0.25, 0.3) is 0 Å². The second kappa shape index (κ2) is 6.61. The average molecular weight is 372 g/mol. The highest BCUT2D eigenvalue weighted by Gasteiger charge is 2.30. The Labute approximate surface area is 131 Å². The number of nitro groups is 1. The minimum absolute atomic E-state index is 0.206. The molecule has 114 valence electrons. The number of rotatable bonds is 4. The van der Waals surface area contributed by atoms with Gasteiger partial charge in [0, 0.05) is 0 Å². The number of carbonyl (C=O) groups excluding carboxylic acids is 1. The molecule has 8 heteroatoms. The van der Waals surface area contributed by atoms with Crippen molar-refractivity contribution in [1.29, 1.82) is 0 Å². The molecule has 0 saturated heterocycles. The van der Waals surface area contributed by atoms with Gasteiger partial charge < -0.3 is 4.74 Å². The predicted octanol–water partition coefficient (Wildman–Crippen LogP) is 3.99. The minimum Gasteiger partial charge on any atom is -0.457 e. The summed E-state index contributed by atoms with van der Waals surface area (Å²) in [7, 11) is 0. The van der Waals surface area contributed by atoms with Crippen LogP contribution in [-0.2, 0) is 11.3 Å². The normalized spacial score (nSPS) is 10.3. The van der Waals surface area contributed by atoms with E-state index in [1.807, 2.05) is 0 Å². The van der Waals surface area contributed by atoms with Crippen LogP contribution >= 0.6 is 15.9 Å². The van der Waals surface area contributed by atoms with Gasteiger partial charge in [-0.1, -0.05) is 30.3 Å². The molecule has 2 rings (SSSR count). The molecule has 0 aromatic heterocycles. The Kier molecular flexibility index (Phi) is 4.81. The second-order valence-electron chi connectivity index (χ2n) is 4.20. The summed E-state index contributed by atoms with van der Waals surface area (Å²) in [6.45, 7) is -0.206. The third-order valence-electron chi connectivity index (χ3n) is 2.75. The first kappa shape index (κ1) is 16.0. The molecule has 2 aromatic carbocycles. The van der Waals surface area contributed by atoms with E-state index in [1.54, 1.807) is 30.3 Å². The Morgan fingerprint density at radius 2 is 1.91 bits per heavy atom. The molecule has 0 unspecified atom stereocenters. The Bertz CT molecular complexity index is 737. The molecule has 0 N–H and O–H groups in total. The van der Waals surface area contributed by atoms with E-state index in [1.165, 1.54) is 0 Å². The number of nitrogens with zero attached hydrogens (tertiary/aromatic N) is 1. The highest BCUT2D eigenvalue weighted by Crippen LogP contribution is 2.32. The van der Waals surface area contributed by atoms with Gasteiger partial charge in [-0.25, -0.2) is 9.18 Å². The van der Waals surface area contributed by atoms with Crippen molar-refractivity contribution in [3.63, 3.8) is 0 Å². The van der Waals surface area contributed by atoms with E-state index < -0.39 is 38.3 Å². The van der Waals surface area contributed by atoms with Gasteiger partial charge in [-0.2, -0.15) is 4.39 Å². The number of halogens is 3. The van der Waals surface area contributed by atoms with Crippen LogP contribution in [0.2, 0.25) is 0 Å². The fraction of sp³-hybridized carbons (Fsp3) is 0.0714. The molecule has 0 aliphatic rings. The lowest BCUT2D eigenvalue weighted by Crippen LogP contribution is -2.12. The summed E-state index contributed by atoms with van der Waals surface area (Å²) in [4.78, 5) is 21.5. The Hall–Kier alpha value is -2.35. The largest absolute Gasteiger partial charge is 0.457 e. The first-order valence-electron chi connectivity index (χ1n) is 5.94. The van der Waals surface area contributed by atoms with Gasteiger partial charge in [-0.05, 0) is 27.6 Å². The third-order valence-corrected chi connectivity index (χ3v) is 3.35.